The Morgan fingerprint density at radius 3 is 1.40 bits per heavy atom. The highest BCUT2D eigenvalue weighted by molar-refractivity contribution is 5.97. The van der Waals surface area contributed by atoms with Crippen molar-refractivity contribution < 1.29 is 48.9 Å². The van der Waals surface area contributed by atoms with E-state index >= 15 is 0 Å². The molecular formula is C39H72N6O10. The number of aliphatic carboxylic acids is 1. The highest BCUT2D eigenvalue weighted by Crippen LogP contribution is 2.19. The molecule has 0 aliphatic heterocycles. The fourth-order valence-corrected chi connectivity index (χ4v) is 6.36. The zero-order chi connectivity index (χ0) is 43.2. The van der Waals surface area contributed by atoms with Gasteiger partial charge in [-0.1, -0.05) is 75.7 Å². The van der Waals surface area contributed by atoms with Gasteiger partial charge in [-0.2, -0.15) is 0 Å². The molecule has 0 radical (unpaired) electrons. The normalized spacial score (nSPS) is 16.6. The molecule has 0 aromatic carbocycles. The number of nitrogens with one attached hydrogen (secondary N) is 3. The highest BCUT2D eigenvalue weighted by Gasteiger charge is 2.41. The third-order valence-electron chi connectivity index (χ3n) is 9.82. The van der Waals surface area contributed by atoms with Crippen LogP contribution in [0, 0.1) is 29.6 Å². The maximum atomic E-state index is 14.0. The van der Waals surface area contributed by atoms with E-state index in [1.165, 1.54) is 39.9 Å². The number of aliphatic hydroxyl groups is 2. The number of rotatable bonds is 23. The number of hydrogen-bond donors (Lipinski definition) is 6. The number of carbonyl (C=O) groups is 7. The molecule has 9 atom stereocenters. The van der Waals surface area contributed by atoms with Gasteiger partial charge in [-0.3, -0.25) is 28.8 Å². The summed E-state index contributed by atoms with van der Waals surface area (Å²) in [6.45, 7) is 20.8. The van der Waals surface area contributed by atoms with Crippen LogP contribution in [0.5, 0.6) is 0 Å². The van der Waals surface area contributed by atoms with Crippen LogP contribution in [0.1, 0.15) is 109 Å². The van der Waals surface area contributed by atoms with Gasteiger partial charge in [0.25, 0.3) is 0 Å². The van der Waals surface area contributed by atoms with Gasteiger partial charge in [0.2, 0.25) is 35.4 Å². The number of carbonyl (C=O) groups excluding carboxylic acids is 6. The predicted molar refractivity (Wildman–Crippen MR) is 209 cm³/mol. The molecular weight excluding hydrogens is 712 g/mol. The van der Waals surface area contributed by atoms with Crippen LogP contribution < -0.4 is 16.0 Å². The molecule has 0 aliphatic carbocycles. The first kappa shape index (κ1) is 51.2. The average molecular weight is 785 g/mol. The number of hydrogen-bond acceptors (Lipinski definition) is 9. The lowest BCUT2D eigenvalue weighted by Crippen LogP contribution is -2.62. The second-order valence-electron chi connectivity index (χ2n) is 16.6. The topological polar surface area (TPSA) is 226 Å². The van der Waals surface area contributed by atoms with E-state index in [0.29, 0.717) is 6.42 Å². The molecule has 0 saturated carbocycles. The van der Waals surface area contributed by atoms with Gasteiger partial charge in [0, 0.05) is 21.1 Å². The van der Waals surface area contributed by atoms with Crippen LogP contribution in [-0.2, 0) is 33.6 Å². The van der Waals surface area contributed by atoms with E-state index in [9.17, 15) is 48.9 Å². The van der Waals surface area contributed by atoms with Crippen molar-refractivity contribution in [3.8, 4) is 0 Å². The molecule has 0 aromatic rings. The minimum absolute atomic E-state index is 0.0149. The van der Waals surface area contributed by atoms with Crippen molar-refractivity contribution in [2.75, 3.05) is 21.1 Å². The number of likely N-dealkylation sites (N-methyl/N-ethyl adjacent to an activating group) is 3. The van der Waals surface area contributed by atoms with Crippen LogP contribution >= 0.6 is 0 Å². The van der Waals surface area contributed by atoms with Gasteiger partial charge in [-0.15, -0.1) is 0 Å². The zero-order valence-corrected chi connectivity index (χ0v) is 35.9. The summed E-state index contributed by atoms with van der Waals surface area (Å²) in [5.74, 6) is -6.28. The molecule has 0 fully saturated rings. The minimum Gasteiger partial charge on any atom is -0.480 e. The van der Waals surface area contributed by atoms with E-state index in [-0.39, 0.29) is 42.9 Å². The summed E-state index contributed by atoms with van der Waals surface area (Å²) >= 11 is 0. The summed E-state index contributed by atoms with van der Waals surface area (Å²) in [6.07, 6.45) is -1.69. The quantitative estimate of drug-likeness (QED) is 0.0878. The fourth-order valence-electron chi connectivity index (χ4n) is 6.36. The average Bonchev–Trinajstić information content (AvgIpc) is 3.07. The molecule has 0 spiro atoms. The van der Waals surface area contributed by atoms with Crippen molar-refractivity contribution in [2.45, 2.75) is 157 Å². The maximum Gasteiger partial charge on any atom is 0.326 e. The fraction of sp³-hybridized carbons (Fsp3) is 0.821. The van der Waals surface area contributed by atoms with Crippen molar-refractivity contribution in [1.29, 1.82) is 0 Å². The van der Waals surface area contributed by atoms with E-state index in [1.54, 1.807) is 20.8 Å². The number of nitrogens with zero attached hydrogens (tertiary/aromatic N) is 3. The third kappa shape index (κ3) is 15.7. The van der Waals surface area contributed by atoms with Crippen molar-refractivity contribution in [3.63, 3.8) is 0 Å². The molecule has 16 heteroatoms. The minimum atomic E-state index is -1.54. The lowest BCUT2D eigenvalue weighted by molar-refractivity contribution is -0.151. The predicted octanol–water partition coefficient (Wildman–Crippen LogP) is 1.61. The van der Waals surface area contributed by atoms with Crippen LogP contribution in [0.2, 0.25) is 0 Å². The second kappa shape index (κ2) is 23.3. The SMILES string of the molecule is CC[C@H](C)[C@H](NC(=O)[C@@H](O)CC(C)C)C(=O)N(C)[C@@H](CC(C)C)C(=O)N[C@H](C(=O)N(C)[C@H](C(=O)N[C@@H](C)C(=O)N(C)[C@@H](CC(C)C)C(=O)O)C(C)C)[C@@H](C)O. The van der Waals surface area contributed by atoms with Crippen LogP contribution in [0.4, 0.5) is 0 Å². The number of amides is 6. The number of aliphatic hydroxyl groups excluding tert-OH is 2. The molecule has 0 aliphatic rings. The van der Waals surface area contributed by atoms with Gasteiger partial charge in [-0.05, 0) is 62.7 Å². The smallest absolute Gasteiger partial charge is 0.326 e. The van der Waals surface area contributed by atoms with Crippen molar-refractivity contribution in [3.05, 3.63) is 0 Å². The van der Waals surface area contributed by atoms with Gasteiger partial charge in [0.15, 0.2) is 0 Å². The first-order chi connectivity index (χ1) is 25.2. The number of carboxylic acid groups (broad SMARTS) is 1. The Labute approximate surface area is 328 Å². The highest BCUT2D eigenvalue weighted by atomic mass is 16.4. The Bertz CT molecular complexity index is 1310. The molecule has 318 valence electrons. The van der Waals surface area contributed by atoms with Gasteiger partial charge in [-0.25, -0.2) is 4.79 Å². The second-order valence-corrected chi connectivity index (χ2v) is 16.6. The van der Waals surface area contributed by atoms with Crippen molar-refractivity contribution in [1.82, 2.24) is 30.7 Å². The Morgan fingerprint density at radius 2 is 0.982 bits per heavy atom. The van der Waals surface area contributed by atoms with Crippen LogP contribution in [0.15, 0.2) is 0 Å². The van der Waals surface area contributed by atoms with E-state index in [0.717, 1.165) is 9.80 Å². The summed E-state index contributed by atoms with van der Waals surface area (Å²) in [5.41, 5.74) is 0. The monoisotopic (exact) mass is 785 g/mol. The van der Waals surface area contributed by atoms with Crippen LogP contribution in [0.3, 0.4) is 0 Å². The molecule has 0 rings (SSSR count). The summed E-state index contributed by atoms with van der Waals surface area (Å²) in [7, 11) is 4.12. The first-order valence-electron chi connectivity index (χ1n) is 19.5. The molecule has 55 heavy (non-hydrogen) atoms. The van der Waals surface area contributed by atoms with Gasteiger partial charge in [0.1, 0.15) is 42.4 Å². The van der Waals surface area contributed by atoms with Crippen molar-refractivity contribution in [2.24, 2.45) is 29.6 Å². The Hall–Kier alpha value is -3.79. The third-order valence-corrected chi connectivity index (χ3v) is 9.82. The number of carboxylic acids is 1. The lowest BCUT2D eigenvalue weighted by Gasteiger charge is -2.37. The Kier molecular flexibility index (Phi) is 21.7. The summed E-state index contributed by atoms with van der Waals surface area (Å²) in [5, 5.41) is 38.8. The van der Waals surface area contributed by atoms with E-state index in [4.69, 9.17) is 0 Å². The van der Waals surface area contributed by atoms with E-state index in [2.05, 4.69) is 16.0 Å². The van der Waals surface area contributed by atoms with Crippen LogP contribution in [0.25, 0.3) is 0 Å². The molecule has 0 aromatic heterocycles. The Morgan fingerprint density at radius 1 is 0.545 bits per heavy atom. The first-order valence-corrected chi connectivity index (χ1v) is 19.5. The van der Waals surface area contributed by atoms with Gasteiger partial charge >= 0.3 is 5.97 Å². The molecule has 6 amide bonds. The largest absolute Gasteiger partial charge is 0.480 e. The molecule has 0 saturated heterocycles. The van der Waals surface area contributed by atoms with Crippen LogP contribution in [-0.4, -0.2) is 141 Å². The molecule has 0 heterocycles. The summed E-state index contributed by atoms with van der Waals surface area (Å²) < 4.78 is 0. The maximum absolute atomic E-state index is 14.0. The summed E-state index contributed by atoms with van der Waals surface area (Å²) in [6, 6.07) is -7.15. The molecule has 16 nitrogen and oxygen atoms in total. The Balaban J connectivity index is 6.36. The van der Waals surface area contributed by atoms with Crippen molar-refractivity contribution >= 4 is 41.4 Å². The summed E-state index contributed by atoms with van der Waals surface area (Å²) in [4.78, 5) is 97.0. The lowest BCUT2D eigenvalue weighted by atomic mass is 9.94. The van der Waals surface area contributed by atoms with Gasteiger partial charge < -0.3 is 46.0 Å². The molecule has 6 N–H and O–H groups in total. The zero-order valence-electron chi connectivity index (χ0n) is 35.9. The van der Waals surface area contributed by atoms with E-state index in [1.807, 2.05) is 48.5 Å². The standard InChI is InChI=1S/C39H72N6O10/c1-16-24(10)30(41-34(49)29(47)19-22(6)7)37(52)43(13)27(17-20(2)3)33(48)42-31(26(12)46)38(53)45(15)32(23(8)9)35(50)40-25(11)36(51)44(14)28(39(54)55)18-21(4)5/h20-32,46-47H,16-19H2,1-15H3,(H,40,50)(H,41,49)(H,42,48)(H,54,55)/t24-,25-,26+,27-,28-,29-,30-,31-,32-/m0/s1. The van der Waals surface area contributed by atoms with Gasteiger partial charge in [0.05, 0.1) is 6.10 Å². The van der Waals surface area contributed by atoms with E-state index < -0.39 is 95.8 Å². The molecule has 0 unspecified atom stereocenters. The molecule has 0 bridgehead atoms.